The number of nitrogens with zero attached hydrogens (tertiary/aromatic N) is 2. The zero-order valence-electron chi connectivity index (χ0n) is 8.93. The fourth-order valence-corrected chi connectivity index (χ4v) is 1.47. The molecule has 3 nitrogen and oxygen atoms in total. The minimum Gasteiger partial charge on any atom is -0.392 e. The standard InChI is InChI=1S/C12H16N2O/c1-11(15)10-14(9-5-8-13)12-6-3-2-4-7-12/h2-4,6-7,11,15H,5,9-10H2,1H3/t11-/m0/s1. The third-order valence-electron chi connectivity index (χ3n) is 2.10. The van der Waals surface area contributed by atoms with E-state index in [1.54, 1.807) is 6.92 Å². The maximum atomic E-state index is 9.36. The Bertz CT molecular complexity index is 316. The van der Waals surface area contributed by atoms with Crippen molar-refractivity contribution in [2.75, 3.05) is 18.0 Å². The van der Waals surface area contributed by atoms with Crippen LogP contribution in [0.25, 0.3) is 0 Å². The fraction of sp³-hybridized carbons (Fsp3) is 0.417. The molecule has 0 unspecified atom stereocenters. The van der Waals surface area contributed by atoms with E-state index in [0.717, 1.165) is 5.69 Å². The Morgan fingerprint density at radius 2 is 2.07 bits per heavy atom. The molecule has 1 aromatic rings. The second-order valence-electron chi connectivity index (χ2n) is 3.54. The first-order valence-electron chi connectivity index (χ1n) is 5.09. The molecule has 1 rings (SSSR count). The number of aliphatic hydroxyl groups excluding tert-OH is 1. The zero-order chi connectivity index (χ0) is 11.1. The number of benzene rings is 1. The highest BCUT2D eigenvalue weighted by atomic mass is 16.3. The second-order valence-corrected chi connectivity index (χ2v) is 3.54. The van der Waals surface area contributed by atoms with Crippen LogP contribution >= 0.6 is 0 Å². The van der Waals surface area contributed by atoms with Crippen molar-refractivity contribution >= 4 is 5.69 Å². The van der Waals surface area contributed by atoms with Crippen molar-refractivity contribution in [3.63, 3.8) is 0 Å². The first kappa shape index (κ1) is 11.5. The summed E-state index contributed by atoms with van der Waals surface area (Å²) in [7, 11) is 0. The van der Waals surface area contributed by atoms with E-state index >= 15 is 0 Å². The van der Waals surface area contributed by atoms with E-state index in [9.17, 15) is 5.11 Å². The summed E-state index contributed by atoms with van der Waals surface area (Å²) in [4.78, 5) is 2.02. The average molecular weight is 204 g/mol. The number of nitriles is 1. The summed E-state index contributed by atoms with van der Waals surface area (Å²) in [5, 5.41) is 17.9. The van der Waals surface area contributed by atoms with Crippen molar-refractivity contribution in [1.82, 2.24) is 0 Å². The monoisotopic (exact) mass is 204 g/mol. The molecule has 0 amide bonds. The average Bonchev–Trinajstić information content (AvgIpc) is 2.25. The third kappa shape index (κ3) is 4.01. The van der Waals surface area contributed by atoms with E-state index in [1.165, 1.54) is 0 Å². The summed E-state index contributed by atoms with van der Waals surface area (Å²) in [5.74, 6) is 0. The van der Waals surface area contributed by atoms with Crippen LogP contribution in [0.3, 0.4) is 0 Å². The lowest BCUT2D eigenvalue weighted by Gasteiger charge is -2.25. The second kappa shape index (κ2) is 6.05. The molecule has 0 heterocycles. The van der Waals surface area contributed by atoms with Crippen molar-refractivity contribution in [2.24, 2.45) is 0 Å². The van der Waals surface area contributed by atoms with Gasteiger partial charge < -0.3 is 10.0 Å². The molecule has 3 heteroatoms. The predicted molar refractivity (Wildman–Crippen MR) is 60.6 cm³/mol. The lowest BCUT2D eigenvalue weighted by molar-refractivity contribution is 0.200. The number of anilines is 1. The molecule has 0 aromatic heterocycles. The largest absolute Gasteiger partial charge is 0.392 e. The molecule has 0 radical (unpaired) electrons. The van der Waals surface area contributed by atoms with Crippen LogP contribution < -0.4 is 4.90 Å². The Kier molecular flexibility index (Phi) is 4.65. The van der Waals surface area contributed by atoms with Crippen molar-refractivity contribution in [2.45, 2.75) is 19.4 Å². The molecule has 1 aromatic carbocycles. The molecule has 0 bridgehead atoms. The Morgan fingerprint density at radius 3 is 2.60 bits per heavy atom. The normalized spacial score (nSPS) is 11.8. The van der Waals surface area contributed by atoms with Crippen LogP contribution in [0.2, 0.25) is 0 Å². The summed E-state index contributed by atoms with van der Waals surface area (Å²) in [6.07, 6.45) is 0.0885. The molecular formula is C12H16N2O. The quantitative estimate of drug-likeness (QED) is 0.795. The summed E-state index contributed by atoms with van der Waals surface area (Å²) < 4.78 is 0. The molecule has 0 fully saturated rings. The number of hydrogen-bond acceptors (Lipinski definition) is 3. The lowest BCUT2D eigenvalue weighted by Crippen LogP contribution is -2.31. The van der Waals surface area contributed by atoms with Gasteiger partial charge in [-0.1, -0.05) is 18.2 Å². The molecule has 1 N–H and O–H groups in total. The fourth-order valence-electron chi connectivity index (χ4n) is 1.47. The first-order chi connectivity index (χ1) is 7.24. The van der Waals surface area contributed by atoms with Crippen molar-refractivity contribution < 1.29 is 5.11 Å². The Balaban J connectivity index is 2.68. The number of hydrogen-bond donors (Lipinski definition) is 1. The van der Waals surface area contributed by atoms with Crippen LogP contribution in [0, 0.1) is 11.3 Å². The van der Waals surface area contributed by atoms with Crippen molar-refractivity contribution in [3.05, 3.63) is 30.3 Å². The van der Waals surface area contributed by atoms with Crippen LogP contribution in [0.4, 0.5) is 5.69 Å². The van der Waals surface area contributed by atoms with Crippen LogP contribution in [0.1, 0.15) is 13.3 Å². The lowest BCUT2D eigenvalue weighted by atomic mass is 10.2. The van der Waals surface area contributed by atoms with E-state index in [0.29, 0.717) is 19.5 Å². The van der Waals surface area contributed by atoms with Gasteiger partial charge in [0.2, 0.25) is 0 Å². The van der Waals surface area contributed by atoms with E-state index in [2.05, 4.69) is 6.07 Å². The molecule has 0 saturated heterocycles. The summed E-state index contributed by atoms with van der Waals surface area (Å²) in [6, 6.07) is 12.0. The van der Waals surface area contributed by atoms with Crippen molar-refractivity contribution in [1.29, 1.82) is 5.26 Å². The molecule has 0 spiro atoms. The number of rotatable bonds is 5. The topological polar surface area (TPSA) is 47.3 Å². The first-order valence-corrected chi connectivity index (χ1v) is 5.09. The summed E-state index contributed by atoms with van der Waals surface area (Å²) in [6.45, 7) is 2.97. The molecule has 0 aliphatic carbocycles. The zero-order valence-corrected chi connectivity index (χ0v) is 8.93. The molecular weight excluding hydrogens is 188 g/mol. The molecule has 0 saturated carbocycles. The van der Waals surface area contributed by atoms with Gasteiger partial charge in [-0.05, 0) is 19.1 Å². The maximum absolute atomic E-state index is 9.36. The number of para-hydroxylation sites is 1. The molecule has 0 aliphatic heterocycles. The Labute approximate surface area is 90.6 Å². The SMILES string of the molecule is C[C@H](O)CN(CCC#N)c1ccccc1. The molecule has 15 heavy (non-hydrogen) atoms. The van der Waals surface area contributed by atoms with Gasteiger partial charge in [0.1, 0.15) is 0 Å². The van der Waals surface area contributed by atoms with E-state index in [1.807, 2.05) is 35.2 Å². The Hall–Kier alpha value is -1.53. The van der Waals surface area contributed by atoms with Gasteiger partial charge in [0.25, 0.3) is 0 Å². The van der Waals surface area contributed by atoms with Gasteiger partial charge >= 0.3 is 0 Å². The van der Waals surface area contributed by atoms with Gasteiger partial charge in [-0.2, -0.15) is 5.26 Å². The summed E-state index contributed by atoms with van der Waals surface area (Å²) in [5.41, 5.74) is 1.05. The van der Waals surface area contributed by atoms with Crippen LogP contribution in [-0.2, 0) is 0 Å². The van der Waals surface area contributed by atoms with Gasteiger partial charge in [-0.25, -0.2) is 0 Å². The summed E-state index contributed by atoms with van der Waals surface area (Å²) >= 11 is 0. The van der Waals surface area contributed by atoms with Crippen molar-refractivity contribution in [3.8, 4) is 6.07 Å². The van der Waals surface area contributed by atoms with Gasteiger partial charge in [0.05, 0.1) is 18.6 Å². The van der Waals surface area contributed by atoms with Gasteiger partial charge in [0, 0.05) is 18.8 Å². The van der Waals surface area contributed by atoms with Gasteiger partial charge in [-0.3, -0.25) is 0 Å². The smallest absolute Gasteiger partial charge is 0.0687 e. The van der Waals surface area contributed by atoms with E-state index in [-0.39, 0.29) is 6.10 Å². The molecule has 1 atom stereocenters. The third-order valence-corrected chi connectivity index (χ3v) is 2.10. The highest BCUT2D eigenvalue weighted by molar-refractivity contribution is 5.46. The minimum absolute atomic E-state index is 0.385. The van der Waals surface area contributed by atoms with Crippen LogP contribution in [0.15, 0.2) is 30.3 Å². The maximum Gasteiger partial charge on any atom is 0.0687 e. The molecule has 80 valence electrons. The van der Waals surface area contributed by atoms with E-state index in [4.69, 9.17) is 5.26 Å². The highest BCUT2D eigenvalue weighted by Gasteiger charge is 2.08. The minimum atomic E-state index is -0.385. The van der Waals surface area contributed by atoms with Crippen LogP contribution in [-0.4, -0.2) is 24.3 Å². The highest BCUT2D eigenvalue weighted by Crippen LogP contribution is 2.13. The van der Waals surface area contributed by atoms with E-state index < -0.39 is 0 Å². The molecule has 0 aliphatic rings. The Morgan fingerprint density at radius 1 is 1.40 bits per heavy atom. The predicted octanol–water partition coefficient (Wildman–Crippen LogP) is 1.79. The number of aliphatic hydroxyl groups is 1. The van der Waals surface area contributed by atoms with Gasteiger partial charge in [-0.15, -0.1) is 0 Å². The van der Waals surface area contributed by atoms with Crippen LogP contribution in [0.5, 0.6) is 0 Å². The van der Waals surface area contributed by atoms with Gasteiger partial charge in [0.15, 0.2) is 0 Å².